The third-order valence-corrected chi connectivity index (χ3v) is 2.05. The van der Waals surface area contributed by atoms with Crippen molar-refractivity contribution >= 4 is 0 Å². The van der Waals surface area contributed by atoms with Crippen molar-refractivity contribution in [3.8, 4) is 5.75 Å². The Kier molecular flexibility index (Phi) is 2.09. The summed E-state index contributed by atoms with van der Waals surface area (Å²) in [5.74, 6) is -1.96. The molecule has 0 unspecified atom stereocenters. The average molecular weight is 203 g/mol. The molecule has 0 atom stereocenters. The van der Waals surface area contributed by atoms with Crippen LogP contribution in [0.3, 0.4) is 0 Å². The molecule has 1 aliphatic carbocycles. The molecule has 0 bridgehead atoms. The van der Waals surface area contributed by atoms with E-state index in [1.54, 1.807) is 0 Å². The monoisotopic (exact) mass is 203 g/mol. The SMILES string of the molecule is Fc1cnc(F)c(OCC2(F)CC2)c1. The molecule has 2 rings (SSSR count). The summed E-state index contributed by atoms with van der Waals surface area (Å²) in [6.45, 7) is -0.241. The van der Waals surface area contributed by atoms with Gasteiger partial charge in [-0.25, -0.2) is 13.8 Å². The summed E-state index contributed by atoms with van der Waals surface area (Å²) in [5, 5.41) is 0. The highest BCUT2D eigenvalue weighted by Gasteiger charge is 2.44. The van der Waals surface area contributed by atoms with Crippen molar-refractivity contribution in [1.82, 2.24) is 4.98 Å². The van der Waals surface area contributed by atoms with Crippen LogP contribution in [-0.2, 0) is 0 Å². The van der Waals surface area contributed by atoms with Crippen LogP contribution in [0.5, 0.6) is 5.75 Å². The molecule has 0 aromatic carbocycles. The molecule has 76 valence electrons. The maximum absolute atomic E-state index is 13.1. The number of halogens is 3. The van der Waals surface area contributed by atoms with Crippen molar-refractivity contribution in [2.45, 2.75) is 18.5 Å². The molecule has 0 saturated heterocycles. The minimum absolute atomic E-state index is 0.241. The first-order valence-corrected chi connectivity index (χ1v) is 4.22. The summed E-state index contributed by atoms with van der Waals surface area (Å²) in [6.07, 6.45) is 1.57. The van der Waals surface area contributed by atoms with Crippen LogP contribution in [0.2, 0.25) is 0 Å². The Morgan fingerprint density at radius 3 is 2.79 bits per heavy atom. The van der Waals surface area contributed by atoms with E-state index in [4.69, 9.17) is 4.74 Å². The number of aromatic nitrogens is 1. The topological polar surface area (TPSA) is 22.1 Å². The van der Waals surface area contributed by atoms with E-state index in [0.717, 1.165) is 12.3 Å². The smallest absolute Gasteiger partial charge is 0.255 e. The lowest BCUT2D eigenvalue weighted by atomic mass is 10.4. The second-order valence-corrected chi connectivity index (χ2v) is 3.38. The van der Waals surface area contributed by atoms with Gasteiger partial charge in [-0.3, -0.25) is 0 Å². The van der Waals surface area contributed by atoms with E-state index in [1.165, 1.54) is 0 Å². The van der Waals surface area contributed by atoms with Crippen molar-refractivity contribution in [2.75, 3.05) is 6.61 Å². The second-order valence-electron chi connectivity index (χ2n) is 3.38. The van der Waals surface area contributed by atoms with Crippen LogP contribution >= 0.6 is 0 Å². The summed E-state index contributed by atoms with van der Waals surface area (Å²) in [4.78, 5) is 3.11. The zero-order valence-electron chi connectivity index (χ0n) is 7.27. The predicted molar refractivity (Wildman–Crippen MR) is 42.7 cm³/mol. The van der Waals surface area contributed by atoms with Gasteiger partial charge in [0, 0.05) is 6.07 Å². The molecule has 0 aliphatic heterocycles. The minimum Gasteiger partial charge on any atom is -0.485 e. The number of alkyl halides is 1. The number of pyridine rings is 1. The van der Waals surface area contributed by atoms with Crippen molar-refractivity contribution in [3.63, 3.8) is 0 Å². The van der Waals surface area contributed by atoms with Gasteiger partial charge < -0.3 is 4.74 Å². The van der Waals surface area contributed by atoms with E-state index < -0.39 is 17.4 Å². The van der Waals surface area contributed by atoms with Crippen molar-refractivity contribution in [3.05, 3.63) is 24.0 Å². The van der Waals surface area contributed by atoms with Gasteiger partial charge in [0.15, 0.2) is 5.75 Å². The van der Waals surface area contributed by atoms with Gasteiger partial charge in [-0.05, 0) is 12.8 Å². The van der Waals surface area contributed by atoms with Crippen LogP contribution in [0.4, 0.5) is 13.2 Å². The van der Waals surface area contributed by atoms with E-state index in [1.807, 2.05) is 0 Å². The first-order valence-electron chi connectivity index (χ1n) is 4.22. The summed E-state index contributed by atoms with van der Waals surface area (Å²) in [6, 6.07) is 0.855. The fourth-order valence-electron chi connectivity index (χ4n) is 0.992. The van der Waals surface area contributed by atoms with Crippen molar-refractivity contribution in [1.29, 1.82) is 0 Å². The van der Waals surface area contributed by atoms with E-state index in [0.29, 0.717) is 12.8 Å². The molecule has 1 fully saturated rings. The Balaban J connectivity index is 2.04. The lowest BCUT2D eigenvalue weighted by Crippen LogP contribution is -2.14. The second kappa shape index (κ2) is 3.15. The average Bonchev–Trinajstić information content (AvgIpc) is 2.87. The van der Waals surface area contributed by atoms with Crippen LogP contribution < -0.4 is 4.74 Å². The standard InChI is InChI=1S/C9H8F3NO/c10-6-3-7(8(11)13-4-6)14-5-9(12)1-2-9/h3-4H,1-2,5H2. The maximum Gasteiger partial charge on any atom is 0.255 e. The maximum atomic E-state index is 13.1. The molecule has 0 radical (unpaired) electrons. The molecule has 1 heterocycles. The molecule has 1 aromatic rings. The number of hydrogen-bond acceptors (Lipinski definition) is 2. The molecular formula is C9H8F3NO. The molecule has 0 amide bonds. The molecular weight excluding hydrogens is 195 g/mol. The van der Waals surface area contributed by atoms with Crippen LogP contribution in [0, 0.1) is 11.8 Å². The van der Waals surface area contributed by atoms with E-state index in [9.17, 15) is 13.2 Å². The van der Waals surface area contributed by atoms with Crippen LogP contribution in [0.1, 0.15) is 12.8 Å². The summed E-state index contributed by atoms with van der Waals surface area (Å²) < 4.78 is 43.3. The lowest BCUT2D eigenvalue weighted by Gasteiger charge is -2.08. The highest BCUT2D eigenvalue weighted by Crippen LogP contribution is 2.40. The normalized spacial score (nSPS) is 17.9. The Hall–Kier alpha value is -1.26. The molecule has 1 aliphatic rings. The summed E-state index contributed by atoms with van der Waals surface area (Å²) in [5.41, 5.74) is -1.35. The first kappa shape index (κ1) is 9.30. The summed E-state index contributed by atoms with van der Waals surface area (Å²) in [7, 11) is 0. The van der Waals surface area contributed by atoms with Crippen LogP contribution in [-0.4, -0.2) is 17.3 Å². The Labute approximate surface area is 78.7 Å². The molecule has 1 saturated carbocycles. The number of ether oxygens (including phenoxy) is 1. The molecule has 14 heavy (non-hydrogen) atoms. The van der Waals surface area contributed by atoms with E-state index in [-0.39, 0.29) is 12.4 Å². The molecule has 2 nitrogen and oxygen atoms in total. The van der Waals surface area contributed by atoms with Crippen molar-refractivity contribution in [2.24, 2.45) is 0 Å². The van der Waals surface area contributed by atoms with Crippen LogP contribution in [0.15, 0.2) is 12.3 Å². The van der Waals surface area contributed by atoms with E-state index >= 15 is 0 Å². The van der Waals surface area contributed by atoms with Gasteiger partial charge in [-0.2, -0.15) is 4.39 Å². The zero-order valence-corrected chi connectivity index (χ0v) is 7.27. The lowest BCUT2D eigenvalue weighted by molar-refractivity contribution is 0.171. The highest BCUT2D eigenvalue weighted by molar-refractivity contribution is 5.19. The fraction of sp³-hybridized carbons (Fsp3) is 0.444. The van der Waals surface area contributed by atoms with Gasteiger partial charge in [-0.15, -0.1) is 0 Å². The van der Waals surface area contributed by atoms with Gasteiger partial charge in [0.05, 0.1) is 6.20 Å². The molecule has 5 heteroatoms. The number of rotatable bonds is 3. The third kappa shape index (κ3) is 1.97. The first-order chi connectivity index (χ1) is 6.59. The highest BCUT2D eigenvalue weighted by atomic mass is 19.1. The van der Waals surface area contributed by atoms with Gasteiger partial charge in [0.1, 0.15) is 18.1 Å². The zero-order chi connectivity index (χ0) is 10.2. The summed E-state index contributed by atoms with van der Waals surface area (Å²) >= 11 is 0. The number of hydrogen-bond donors (Lipinski definition) is 0. The third-order valence-electron chi connectivity index (χ3n) is 2.05. The Morgan fingerprint density at radius 2 is 2.14 bits per heavy atom. The minimum atomic E-state index is -1.35. The van der Waals surface area contributed by atoms with Crippen LogP contribution in [0.25, 0.3) is 0 Å². The van der Waals surface area contributed by atoms with Gasteiger partial charge in [-0.1, -0.05) is 0 Å². The number of nitrogens with zero attached hydrogens (tertiary/aromatic N) is 1. The molecule has 0 spiro atoms. The Bertz CT molecular complexity index is 352. The molecule has 0 N–H and O–H groups in total. The predicted octanol–water partition coefficient (Wildman–Crippen LogP) is 2.24. The Morgan fingerprint density at radius 1 is 1.43 bits per heavy atom. The fourth-order valence-corrected chi connectivity index (χ4v) is 0.992. The van der Waals surface area contributed by atoms with E-state index in [2.05, 4.69) is 4.98 Å². The largest absolute Gasteiger partial charge is 0.485 e. The van der Waals surface area contributed by atoms with Gasteiger partial charge in [0.25, 0.3) is 5.95 Å². The quantitative estimate of drug-likeness (QED) is 0.703. The molecule has 1 aromatic heterocycles. The van der Waals surface area contributed by atoms with Gasteiger partial charge in [0.2, 0.25) is 0 Å². The van der Waals surface area contributed by atoms with Crippen molar-refractivity contribution < 1.29 is 17.9 Å². The van der Waals surface area contributed by atoms with Gasteiger partial charge >= 0.3 is 0 Å².